The minimum Gasteiger partial charge on any atom is -0.416 e. The van der Waals surface area contributed by atoms with Crippen molar-refractivity contribution in [2.75, 3.05) is 0 Å². The zero-order valence-electron chi connectivity index (χ0n) is 24.8. The normalized spacial score (nSPS) is 11.4. The molecule has 0 amide bonds. The van der Waals surface area contributed by atoms with Crippen LogP contribution >= 0.6 is 0 Å². The summed E-state index contributed by atoms with van der Waals surface area (Å²) in [5, 5.41) is 32.4. The molecule has 0 fully saturated rings. The van der Waals surface area contributed by atoms with Crippen LogP contribution < -0.4 is 0 Å². The number of nitriles is 2. The van der Waals surface area contributed by atoms with Gasteiger partial charge in [0.15, 0.2) is 0 Å². The Kier molecular flexibility index (Phi) is 5.80. The first-order valence-electron chi connectivity index (χ1n) is 15.1. The maximum absolute atomic E-state index is 9.59. The van der Waals surface area contributed by atoms with Gasteiger partial charge in [0.25, 0.3) is 0 Å². The minimum atomic E-state index is 0.394. The molecule has 9 aromatic rings. The number of fused-ring (bicyclic) bond motifs is 6. The topological polar surface area (TPSA) is 96.4 Å². The Hall–Kier alpha value is -6.96. The molecule has 218 valence electrons. The zero-order valence-corrected chi connectivity index (χ0v) is 24.8. The summed E-state index contributed by atoms with van der Waals surface area (Å²) in [4.78, 5) is 0. The molecule has 0 bridgehead atoms. The van der Waals surface area contributed by atoms with Crippen LogP contribution in [0.15, 0.2) is 138 Å². The Morgan fingerprint density at radius 1 is 0.447 bits per heavy atom. The van der Waals surface area contributed by atoms with Crippen molar-refractivity contribution in [2.24, 2.45) is 0 Å². The third-order valence-corrected chi connectivity index (χ3v) is 8.78. The quantitative estimate of drug-likeness (QED) is 0.200. The van der Waals surface area contributed by atoms with E-state index in [1.165, 1.54) is 0 Å². The number of nitrogens with zero attached hydrogens (tertiary/aromatic N) is 6. The summed E-state index contributed by atoms with van der Waals surface area (Å²) in [6.07, 6.45) is 0. The number of rotatable bonds is 4. The number of hydrogen-bond acceptors (Lipinski definition) is 5. The molecule has 9 rings (SSSR count). The van der Waals surface area contributed by atoms with E-state index in [0.29, 0.717) is 22.9 Å². The van der Waals surface area contributed by atoms with Crippen molar-refractivity contribution in [3.8, 4) is 46.4 Å². The SMILES string of the molecule is N#Cc1ccc2c(c1)c1ccccc1n2-c1ccccc1-c1nnc(-c2ccccc2-n2c3ccccc3c3cc(C#N)ccc32)o1. The highest BCUT2D eigenvalue weighted by atomic mass is 16.4. The van der Waals surface area contributed by atoms with Crippen molar-refractivity contribution in [1.82, 2.24) is 19.3 Å². The molecule has 7 heteroatoms. The van der Waals surface area contributed by atoms with Crippen LogP contribution in [0.1, 0.15) is 11.1 Å². The lowest BCUT2D eigenvalue weighted by molar-refractivity contribution is 0.584. The molecule has 0 aliphatic heterocycles. The fourth-order valence-corrected chi connectivity index (χ4v) is 6.74. The molecule has 0 N–H and O–H groups in total. The summed E-state index contributed by atoms with van der Waals surface area (Å²) in [6, 6.07) is 48.5. The van der Waals surface area contributed by atoms with E-state index in [1.807, 2.05) is 109 Å². The molecular formula is C40H22N6O. The Balaban J connectivity index is 1.23. The first-order chi connectivity index (χ1) is 23.2. The highest BCUT2D eigenvalue weighted by Gasteiger charge is 2.22. The van der Waals surface area contributed by atoms with Gasteiger partial charge in [-0.15, -0.1) is 10.2 Å². The van der Waals surface area contributed by atoms with Gasteiger partial charge >= 0.3 is 0 Å². The predicted octanol–water partition coefficient (Wildman–Crippen LogP) is 9.34. The number of aromatic nitrogens is 4. The molecule has 0 aliphatic rings. The van der Waals surface area contributed by atoms with Crippen molar-refractivity contribution >= 4 is 43.6 Å². The number of hydrogen-bond donors (Lipinski definition) is 0. The van der Waals surface area contributed by atoms with Crippen molar-refractivity contribution in [3.05, 3.63) is 145 Å². The van der Waals surface area contributed by atoms with Crippen molar-refractivity contribution < 1.29 is 4.42 Å². The van der Waals surface area contributed by atoms with Gasteiger partial charge in [-0.25, -0.2) is 0 Å². The van der Waals surface area contributed by atoms with Gasteiger partial charge in [0.2, 0.25) is 11.8 Å². The summed E-state index contributed by atoms with van der Waals surface area (Å²) in [5.74, 6) is 0.789. The van der Waals surface area contributed by atoms with Gasteiger partial charge in [-0.1, -0.05) is 60.7 Å². The van der Waals surface area contributed by atoms with Crippen LogP contribution in [0.5, 0.6) is 0 Å². The monoisotopic (exact) mass is 602 g/mol. The second-order valence-electron chi connectivity index (χ2n) is 11.3. The standard InChI is InChI=1S/C40H22N6O/c41-23-25-17-19-37-31(21-25)27-9-1-5-13-33(27)45(37)35-15-7-3-11-29(35)39-43-44-40(47-39)30-12-4-8-16-36(30)46-34-14-6-2-10-28(34)32-22-26(24-42)18-20-38(32)46/h1-22H. The Bertz CT molecular complexity index is 2600. The first-order valence-corrected chi connectivity index (χ1v) is 15.1. The lowest BCUT2D eigenvalue weighted by Crippen LogP contribution is -1.97. The summed E-state index contributed by atoms with van der Waals surface area (Å²) in [6.45, 7) is 0. The zero-order chi connectivity index (χ0) is 31.5. The highest BCUT2D eigenvalue weighted by molar-refractivity contribution is 6.11. The lowest BCUT2D eigenvalue weighted by atomic mass is 10.1. The van der Waals surface area contributed by atoms with E-state index in [0.717, 1.165) is 66.1 Å². The Morgan fingerprint density at radius 3 is 1.32 bits per heavy atom. The molecule has 6 aromatic carbocycles. The molecule has 3 heterocycles. The van der Waals surface area contributed by atoms with Crippen LogP contribution in [0.3, 0.4) is 0 Å². The number of benzene rings is 6. The van der Waals surface area contributed by atoms with E-state index in [2.05, 4.69) is 55.7 Å². The van der Waals surface area contributed by atoms with Crippen LogP contribution in [-0.4, -0.2) is 19.3 Å². The first kappa shape index (κ1) is 26.4. The highest BCUT2D eigenvalue weighted by Crippen LogP contribution is 2.39. The van der Waals surface area contributed by atoms with E-state index in [-0.39, 0.29) is 0 Å². The van der Waals surface area contributed by atoms with Crippen LogP contribution in [0.25, 0.3) is 77.9 Å². The summed E-state index contributed by atoms with van der Waals surface area (Å²) < 4.78 is 10.9. The number of para-hydroxylation sites is 4. The second-order valence-corrected chi connectivity index (χ2v) is 11.3. The maximum atomic E-state index is 9.59. The van der Waals surface area contributed by atoms with E-state index < -0.39 is 0 Å². The van der Waals surface area contributed by atoms with Gasteiger partial charge in [0.05, 0.1) is 67.8 Å². The van der Waals surface area contributed by atoms with Gasteiger partial charge in [0.1, 0.15) is 0 Å². The van der Waals surface area contributed by atoms with Crippen LogP contribution in [0.2, 0.25) is 0 Å². The Morgan fingerprint density at radius 2 is 0.851 bits per heavy atom. The second kappa shape index (κ2) is 10.3. The molecular weight excluding hydrogens is 580 g/mol. The fraction of sp³-hybridized carbons (Fsp3) is 0. The largest absolute Gasteiger partial charge is 0.416 e. The van der Waals surface area contributed by atoms with E-state index in [1.54, 1.807) is 0 Å². The van der Waals surface area contributed by atoms with Crippen molar-refractivity contribution in [3.63, 3.8) is 0 Å². The summed E-state index contributed by atoms with van der Waals surface area (Å²) in [7, 11) is 0. The molecule has 3 aromatic heterocycles. The van der Waals surface area contributed by atoms with Crippen molar-refractivity contribution in [1.29, 1.82) is 10.5 Å². The van der Waals surface area contributed by atoms with E-state index >= 15 is 0 Å². The van der Waals surface area contributed by atoms with Crippen molar-refractivity contribution in [2.45, 2.75) is 0 Å². The Labute approximate surface area is 268 Å². The van der Waals surface area contributed by atoms with Crippen LogP contribution in [0.4, 0.5) is 0 Å². The smallest absolute Gasteiger partial charge is 0.250 e. The molecule has 0 unspecified atom stereocenters. The molecule has 7 nitrogen and oxygen atoms in total. The van der Waals surface area contributed by atoms with Gasteiger partial charge < -0.3 is 13.6 Å². The predicted molar refractivity (Wildman–Crippen MR) is 183 cm³/mol. The molecule has 47 heavy (non-hydrogen) atoms. The molecule has 0 spiro atoms. The fourth-order valence-electron chi connectivity index (χ4n) is 6.74. The summed E-state index contributed by atoms with van der Waals surface area (Å²) >= 11 is 0. The van der Waals surface area contributed by atoms with E-state index in [9.17, 15) is 10.5 Å². The molecule has 0 aliphatic carbocycles. The van der Waals surface area contributed by atoms with Gasteiger partial charge in [-0.3, -0.25) is 0 Å². The molecule has 0 radical (unpaired) electrons. The maximum Gasteiger partial charge on any atom is 0.250 e. The van der Waals surface area contributed by atoms with Gasteiger partial charge in [0, 0.05) is 21.5 Å². The third-order valence-electron chi connectivity index (χ3n) is 8.78. The molecule has 0 saturated heterocycles. The average molecular weight is 603 g/mol. The van der Waals surface area contributed by atoms with E-state index in [4.69, 9.17) is 4.42 Å². The average Bonchev–Trinajstić information content (AvgIpc) is 3.84. The van der Waals surface area contributed by atoms with Gasteiger partial charge in [-0.05, 0) is 72.8 Å². The third kappa shape index (κ3) is 3.98. The lowest BCUT2D eigenvalue weighted by Gasteiger charge is -2.12. The van der Waals surface area contributed by atoms with Crippen LogP contribution in [0, 0.1) is 22.7 Å². The minimum absolute atomic E-state index is 0.394. The molecule has 0 saturated carbocycles. The van der Waals surface area contributed by atoms with Crippen LogP contribution in [-0.2, 0) is 0 Å². The summed E-state index contributed by atoms with van der Waals surface area (Å²) in [5.41, 5.74) is 8.58. The van der Waals surface area contributed by atoms with Gasteiger partial charge in [-0.2, -0.15) is 10.5 Å². The molecule has 0 atom stereocenters.